The van der Waals surface area contributed by atoms with Gasteiger partial charge in [-0.1, -0.05) is 42.5 Å². The van der Waals surface area contributed by atoms with Crippen LogP contribution in [0.3, 0.4) is 0 Å². The predicted octanol–water partition coefficient (Wildman–Crippen LogP) is 3.76. The van der Waals surface area contributed by atoms with Crippen molar-refractivity contribution >= 4 is 39.4 Å². The maximum Gasteiger partial charge on any atom is 0.328 e. The first-order chi connectivity index (χ1) is 14.0. The van der Waals surface area contributed by atoms with Gasteiger partial charge in [-0.05, 0) is 24.3 Å². The average molecular weight is 389 g/mol. The Morgan fingerprint density at radius 2 is 1.28 bits per heavy atom. The molecule has 0 atom stereocenters. The Morgan fingerprint density at radius 1 is 0.724 bits per heavy atom. The number of aromatic nitrogens is 2. The second-order valence-corrected chi connectivity index (χ2v) is 5.62. The van der Waals surface area contributed by atoms with Gasteiger partial charge in [-0.2, -0.15) is 0 Å². The number of fused-ring (bicyclic) bond motifs is 2. The van der Waals surface area contributed by atoms with E-state index >= 15 is 0 Å². The zero-order valence-corrected chi connectivity index (χ0v) is 15.3. The van der Waals surface area contributed by atoms with Crippen molar-refractivity contribution in [3.8, 4) is 0 Å². The van der Waals surface area contributed by atoms with Crippen LogP contribution in [0.15, 0.2) is 91.3 Å². The first-order valence-electron chi connectivity index (χ1n) is 8.50. The number of nitrogen functional groups attached to an aromatic ring is 1. The molecule has 0 aliphatic rings. The van der Waals surface area contributed by atoms with Gasteiger partial charge in [0, 0.05) is 41.0 Å². The van der Waals surface area contributed by atoms with Gasteiger partial charge in [-0.3, -0.25) is 9.97 Å². The number of carboxylic acids is 2. The quantitative estimate of drug-likeness (QED) is 0.445. The van der Waals surface area contributed by atoms with E-state index in [0.717, 1.165) is 22.1 Å². The van der Waals surface area contributed by atoms with Gasteiger partial charge in [-0.25, -0.2) is 9.59 Å². The molecule has 0 saturated carbocycles. The van der Waals surface area contributed by atoms with Crippen LogP contribution in [0.2, 0.25) is 0 Å². The Bertz CT molecular complexity index is 1060. The first kappa shape index (κ1) is 21.0. The number of hydrogen-bond donors (Lipinski definition) is 3. The molecule has 0 unspecified atom stereocenters. The molecule has 0 aliphatic heterocycles. The van der Waals surface area contributed by atoms with E-state index in [4.69, 9.17) is 15.9 Å². The molecule has 2 heterocycles. The molecule has 0 fully saturated rings. The Morgan fingerprint density at radius 3 is 1.90 bits per heavy atom. The molecule has 4 aromatic rings. The van der Waals surface area contributed by atoms with Crippen LogP contribution in [0.25, 0.3) is 21.8 Å². The summed E-state index contributed by atoms with van der Waals surface area (Å²) in [7, 11) is 0. The number of benzene rings is 2. The normalized spacial score (nSPS) is 9.93. The molecule has 2 aromatic carbocycles. The first-order valence-corrected chi connectivity index (χ1v) is 8.50. The van der Waals surface area contributed by atoms with Crippen LogP contribution in [0.5, 0.6) is 0 Å². The van der Waals surface area contributed by atoms with Gasteiger partial charge in [0.1, 0.15) is 0 Å². The van der Waals surface area contributed by atoms with Crippen LogP contribution in [0, 0.1) is 0 Å². The van der Waals surface area contributed by atoms with Gasteiger partial charge in [0.05, 0.1) is 11.0 Å². The van der Waals surface area contributed by atoms with Crippen LogP contribution in [-0.4, -0.2) is 32.1 Å². The molecule has 7 nitrogen and oxygen atoms in total. The SMILES string of the molecule is Nc1ccnc2ccccc12.O=C(O)/C=C/C(=O)O.c1ccc2ncccc2c1. The number of carbonyl (C=O) groups is 2. The third-order valence-corrected chi connectivity index (χ3v) is 3.56. The van der Waals surface area contributed by atoms with Crippen molar-refractivity contribution in [1.82, 2.24) is 9.97 Å². The zero-order valence-electron chi connectivity index (χ0n) is 15.3. The second kappa shape index (κ2) is 10.8. The van der Waals surface area contributed by atoms with Crippen molar-refractivity contribution in [2.24, 2.45) is 0 Å². The molecule has 0 amide bonds. The molecular formula is C22H19N3O4. The number of aliphatic carboxylic acids is 2. The number of carboxylic acid groups (broad SMARTS) is 2. The largest absolute Gasteiger partial charge is 0.478 e. The van der Waals surface area contributed by atoms with Gasteiger partial charge in [0.25, 0.3) is 0 Å². The van der Waals surface area contributed by atoms with Crippen LogP contribution in [0.4, 0.5) is 5.69 Å². The summed E-state index contributed by atoms with van der Waals surface area (Å²) in [5.41, 5.74) is 8.52. The standard InChI is InChI=1S/C9H8N2.C9H7N.C4H4O4/c10-8-5-6-11-9-4-2-1-3-7(8)9;1-2-6-9-8(4-1)5-3-7-10-9;5-3(6)1-2-4(7)8/h1-6H,(H2,10,11);1-7H;1-2H,(H,5,6)(H,7,8)/b;;2-1+. The average Bonchev–Trinajstić information content (AvgIpc) is 2.74. The molecule has 0 spiro atoms. The van der Waals surface area contributed by atoms with E-state index in [1.807, 2.05) is 60.8 Å². The van der Waals surface area contributed by atoms with E-state index in [9.17, 15) is 9.59 Å². The van der Waals surface area contributed by atoms with Crippen molar-refractivity contribution in [2.45, 2.75) is 0 Å². The Hall–Kier alpha value is -4.26. The predicted molar refractivity (Wildman–Crippen MR) is 112 cm³/mol. The van der Waals surface area contributed by atoms with E-state index in [1.54, 1.807) is 6.20 Å². The summed E-state index contributed by atoms with van der Waals surface area (Å²) in [6.45, 7) is 0. The van der Waals surface area contributed by atoms with E-state index in [0.29, 0.717) is 12.2 Å². The van der Waals surface area contributed by atoms with Gasteiger partial charge in [0.2, 0.25) is 0 Å². The minimum atomic E-state index is -1.26. The summed E-state index contributed by atoms with van der Waals surface area (Å²) < 4.78 is 0. The number of nitrogens with two attached hydrogens (primary N) is 1. The van der Waals surface area contributed by atoms with E-state index in [1.165, 1.54) is 5.39 Å². The molecule has 0 radical (unpaired) electrons. The molecule has 2 aromatic heterocycles. The molecule has 4 N–H and O–H groups in total. The lowest BCUT2D eigenvalue weighted by molar-refractivity contribution is -0.134. The third kappa shape index (κ3) is 7.10. The molecule has 0 saturated heterocycles. The van der Waals surface area contributed by atoms with Crippen LogP contribution < -0.4 is 5.73 Å². The summed E-state index contributed by atoms with van der Waals surface area (Å²) >= 11 is 0. The van der Waals surface area contributed by atoms with Gasteiger partial charge in [0.15, 0.2) is 0 Å². The Kier molecular flexibility index (Phi) is 7.83. The lowest BCUT2D eigenvalue weighted by atomic mass is 10.2. The summed E-state index contributed by atoms with van der Waals surface area (Å²) in [6, 6.07) is 21.7. The number of anilines is 1. The molecular weight excluding hydrogens is 370 g/mol. The molecule has 7 heteroatoms. The molecule has 146 valence electrons. The van der Waals surface area contributed by atoms with Crippen molar-refractivity contribution in [1.29, 1.82) is 0 Å². The highest BCUT2D eigenvalue weighted by atomic mass is 16.4. The highest BCUT2D eigenvalue weighted by Crippen LogP contribution is 2.16. The maximum absolute atomic E-state index is 9.55. The van der Waals surface area contributed by atoms with Gasteiger partial charge < -0.3 is 15.9 Å². The highest BCUT2D eigenvalue weighted by molar-refractivity contribution is 5.90. The van der Waals surface area contributed by atoms with Crippen molar-refractivity contribution in [2.75, 3.05) is 5.73 Å². The monoisotopic (exact) mass is 389 g/mol. The number of para-hydroxylation sites is 2. The van der Waals surface area contributed by atoms with Crippen molar-refractivity contribution in [3.05, 3.63) is 91.3 Å². The molecule has 4 rings (SSSR count). The highest BCUT2D eigenvalue weighted by Gasteiger charge is 1.94. The number of nitrogens with zero attached hydrogens (tertiary/aromatic N) is 2. The number of hydrogen-bond acceptors (Lipinski definition) is 5. The maximum atomic E-state index is 9.55. The second-order valence-electron chi connectivity index (χ2n) is 5.62. The van der Waals surface area contributed by atoms with Crippen molar-refractivity contribution < 1.29 is 19.8 Å². The van der Waals surface area contributed by atoms with E-state index < -0.39 is 11.9 Å². The Balaban J connectivity index is 0.000000158. The number of rotatable bonds is 2. The van der Waals surface area contributed by atoms with Gasteiger partial charge in [-0.15, -0.1) is 0 Å². The van der Waals surface area contributed by atoms with Gasteiger partial charge >= 0.3 is 11.9 Å². The lowest BCUT2D eigenvalue weighted by Crippen LogP contribution is -1.91. The van der Waals surface area contributed by atoms with E-state index in [2.05, 4.69) is 22.1 Å². The molecule has 0 bridgehead atoms. The fourth-order valence-electron chi connectivity index (χ4n) is 2.28. The summed E-state index contributed by atoms with van der Waals surface area (Å²) in [5.74, 6) is -2.51. The number of pyridine rings is 2. The summed E-state index contributed by atoms with van der Waals surface area (Å²) in [6.07, 6.45) is 4.64. The lowest BCUT2D eigenvalue weighted by Gasteiger charge is -1.97. The molecule has 29 heavy (non-hydrogen) atoms. The zero-order chi connectivity index (χ0) is 21.1. The van der Waals surface area contributed by atoms with Crippen LogP contribution in [-0.2, 0) is 9.59 Å². The fraction of sp³-hybridized carbons (Fsp3) is 0. The van der Waals surface area contributed by atoms with E-state index in [-0.39, 0.29) is 0 Å². The summed E-state index contributed by atoms with van der Waals surface area (Å²) in [4.78, 5) is 27.5. The smallest absolute Gasteiger partial charge is 0.328 e. The van der Waals surface area contributed by atoms with Crippen molar-refractivity contribution in [3.63, 3.8) is 0 Å². The topological polar surface area (TPSA) is 126 Å². The van der Waals surface area contributed by atoms with Crippen LogP contribution in [0.1, 0.15) is 0 Å². The Labute approximate surface area is 166 Å². The minimum absolute atomic E-state index is 0.558. The fourth-order valence-corrected chi connectivity index (χ4v) is 2.28. The third-order valence-electron chi connectivity index (χ3n) is 3.56. The summed E-state index contributed by atoms with van der Waals surface area (Å²) in [5, 5.41) is 17.8. The minimum Gasteiger partial charge on any atom is -0.478 e. The molecule has 0 aliphatic carbocycles. The van der Waals surface area contributed by atoms with Crippen LogP contribution >= 0.6 is 0 Å².